The lowest BCUT2D eigenvalue weighted by atomic mass is 9.74. The van der Waals surface area contributed by atoms with Gasteiger partial charge in [-0.2, -0.15) is 0 Å². The molecule has 4 heterocycles. The Balaban J connectivity index is 1.43. The number of nitrogens with zero attached hydrogens (tertiary/aromatic N) is 4. The number of piperidine rings is 1. The normalized spacial score (nSPS) is 26.3. The van der Waals surface area contributed by atoms with Crippen LogP contribution in [0.15, 0.2) is 18.3 Å². The van der Waals surface area contributed by atoms with Crippen molar-refractivity contribution in [2.45, 2.75) is 63.5 Å². The van der Waals surface area contributed by atoms with Crippen molar-refractivity contribution >= 4 is 17.8 Å². The van der Waals surface area contributed by atoms with Gasteiger partial charge in [0.2, 0.25) is 5.88 Å². The summed E-state index contributed by atoms with van der Waals surface area (Å²) in [5.74, 6) is 0.123. The van der Waals surface area contributed by atoms with E-state index in [2.05, 4.69) is 22.2 Å². The molecule has 0 radical (unpaired) electrons. The Kier molecular flexibility index (Phi) is 7.40. The third-order valence-corrected chi connectivity index (χ3v) is 7.88. The number of rotatable bonds is 8. The van der Waals surface area contributed by atoms with Gasteiger partial charge in [-0.3, -0.25) is 14.5 Å². The summed E-state index contributed by atoms with van der Waals surface area (Å²) in [5, 5.41) is 3.11. The number of carbonyl (C=O) groups is 3. The van der Waals surface area contributed by atoms with Crippen molar-refractivity contribution in [2.75, 3.05) is 40.3 Å². The molecule has 186 valence electrons. The summed E-state index contributed by atoms with van der Waals surface area (Å²) in [7, 11) is 3.62. The lowest BCUT2D eigenvalue weighted by molar-refractivity contribution is -0.134. The van der Waals surface area contributed by atoms with Crippen molar-refractivity contribution in [2.24, 2.45) is 5.92 Å². The number of hydrogen-bond donors (Lipinski definition) is 1. The summed E-state index contributed by atoms with van der Waals surface area (Å²) in [6.45, 7) is 4.65. The SMILES string of the molecule is CCC[C@@]1(C2CCN(C(=O)c3cccnc3OC)CC2)NC(=O)N(CC[C@@H]2CCCN2C)C1=O. The largest absolute Gasteiger partial charge is 0.480 e. The average molecular weight is 472 g/mol. The number of aromatic nitrogens is 1. The lowest BCUT2D eigenvalue weighted by Crippen LogP contribution is -2.56. The van der Waals surface area contributed by atoms with Crippen LogP contribution in [0.25, 0.3) is 0 Å². The molecule has 3 aliphatic rings. The fraction of sp³-hybridized carbons (Fsp3) is 0.680. The summed E-state index contributed by atoms with van der Waals surface area (Å²) in [4.78, 5) is 49.4. The monoisotopic (exact) mass is 471 g/mol. The van der Waals surface area contributed by atoms with Crippen LogP contribution in [-0.4, -0.2) is 89.4 Å². The van der Waals surface area contributed by atoms with Crippen molar-refractivity contribution in [3.8, 4) is 5.88 Å². The topological polar surface area (TPSA) is 95.1 Å². The van der Waals surface area contributed by atoms with Crippen LogP contribution in [-0.2, 0) is 4.79 Å². The zero-order chi connectivity index (χ0) is 24.3. The molecule has 9 nitrogen and oxygen atoms in total. The minimum Gasteiger partial charge on any atom is -0.480 e. The molecule has 1 aromatic rings. The quantitative estimate of drug-likeness (QED) is 0.586. The van der Waals surface area contributed by atoms with Gasteiger partial charge in [0.05, 0.1) is 7.11 Å². The average Bonchev–Trinajstić information content (AvgIpc) is 3.37. The molecule has 0 aromatic carbocycles. The third-order valence-electron chi connectivity index (χ3n) is 7.88. The maximum absolute atomic E-state index is 13.7. The zero-order valence-corrected chi connectivity index (χ0v) is 20.6. The molecule has 0 aliphatic carbocycles. The van der Waals surface area contributed by atoms with Gasteiger partial charge in [-0.15, -0.1) is 0 Å². The first-order valence-electron chi connectivity index (χ1n) is 12.5. The van der Waals surface area contributed by atoms with Crippen molar-refractivity contribution in [1.29, 1.82) is 0 Å². The van der Waals surface area contributed by atoms with Crippen LogP contribution >= 0.6 is 0 Å². The molecule has 3 saturated heterocycles. The maximum Gasteiger partial charge on any atom is 0.325 e. The highest BCUT2D eigenvalue weighted by molar-refractivity contribution is 6.07. The van der Waals surface area contributed by atoms with E-state index in [0.717, 1.165) is 25.8 Å². The van der Waals surface area contributed by atoms with Crippen LogP contribution in [0.3, 0.4) is 0 Å². The number of methoxy groups -OCH3 is 1. The predicted octanol–water partition coefficient (Wildman–Crippen LogP) is 2.52. The van der Waals surface area contributed by atoms with Gasteiger partial charge in [0.25, 0.3) is 11.8 Å². The highest BCUT2D eigenvalue weighted by Gasteiger charge is 2.55. The van der Waals surface area contributed by atoms with Crippen LogP contribution in [0.2, 0.25) is 0 Å². The molecule has 2 atom stereocenters. The van der Waals surface area contributed by atoms with E-state index in [0.29, 0.717) is 56.4 Å². The molecule has 0 spiro atoms. The third kappa shape index (κ3) is 4.50. The van der Waals surface area contributed by atoms with E-state index < -0.39 is 5.54 Å². The highest BCUT2D eigenvalue weighted by atomic mass is 16.5. The molecule has 9 heteroatoms. The second-order valence-electron chi connectivity index (χ2n) is 9.80. The molecule has 0 bridgehead atoms. The van der Waals surface area contributed by atoms with Gasteiger partial charge in [-0.1, -0.05) is 13.3 Å². The molecule has 3 aliphatic heterocycles. The first kappa shape index (κ1) is 24.4. The van der Waals surface area contributed by atoms with Crippen LogP contribution in [0, 0.1) is 5.92 Å². The summed E-state index contributed by atoms with van der Waals surface area (Å²) < 4.78 is 5.25. The Morgan fingerprint density at radius 2 is 2.00 bits per heavy atom. The Labute approximate surface area is 201 Å². The van der Waals surface area contributed by atoms with Crippen molar-refractivity contribution in [3.63, 3.8) is 0 Å². The number of carbonyl (C=O) groups excluding carboxylic acids is 3. The van der Waals surface area contributed by atoms with E-state index in [9.17, 15) is 14.4 Å². The highest BCUT2D eigenvalue weighted by Crippen LogP contribution is 2.38. The van der Waals surface area contributed by atoms with Gasteiger partial charge in [0, 0.05) is 31.9 Å². The Hall–Kier alpha value is -2.68. The fourth-order valence-corrected chi connectivity index (χ4v) is 5.98. The second kappa shape index (κ2) is 10.3. The fourth-order valence-electron chi connectivity index (χ4n) is 5.98. The number of nitrogens with one attached hydrogen (secondary N) is 1. The molecule has 0 unspecified atom stereocenters. The Morgan fingerprint density at radius 1 is 1.24 bits per heavy atom. The summed E-state index contributed by atoms with van der Waals surface area (Å²) in [6.07, 6.45) is 7.46. The molecular weight excluding hydrogens is 434 g/mol. The van der Waals surface area contributed by atoms with Crippen molar-refractivity contribution in [1.82, 2.24) is 25.0 Å². The minimum absolute atomic E-state index is 0.00268. The van der Waals surface area contributed by atoms with Gasteiger partial charge >= 0.3 is 6.03 Å². The first-order chi connectivity index (χ1) is 16.4. The molecule has 1 N–H and O–H groups in total. The second-order valence-corrected chi connectivity index (χ2v) is 9.80. The summed E-state index contributed by atoms with van der Waals surface area (Å²) in [5.41, 5.74) is -0.422. The van der Waals surface area contributed by atoms with E-state index in [1.54, 1.807) is 23.2 Å². The molecule has 4 amide bonds. The number of imide groups is 1. The summed E-state index contributed by atoms with van der Waals surface area (Å²) >= 11 is 0. The first-order valence-corrected chi connectivity index (χ1v) is 12.5. The number of hydrogen-bond acceptors (Lipinski definition) is 6. The van der Waals surface area contributed by atoms with Gasteiger partial charge in [0.1, 0.15) is 11.1 Å². The van der Waals surface area contributed by atoms with Crippen molar-refractivity contribution in [3.05, 3.63) is 23.9 Å². The van der Waals surface area contributed by atoms with Crippen LogP contribution in [0.1, 0.15) is 62.2 Å². The molecule has 1 aromatic heterocycles. The minimum atomic E-state index is -0.867. The van der Waals surface area contributed by atoms with E-state index in [4.69, 9.17) is 4.74 Å². The molecule has 0 saturated carbocycles. The number of amides is 4. The molecule has 4 rings (SSSR count). The smallest absolute Gasteiger partial charge is 0.325 e. The Morgan fingerprint density at radius 3 is 2.65 bits per heavy atom. The van der Waals surface area contributed by atoms with Crippen molar-refractivity contribution < 1.29 is 19.1 Å². The summed E-state index contributed by atoms with van der Waals surface area (Å²) in [6, 6.07) is 3.61. The molecule has 3 fully saturated rings. The van der Waals surface area contributed by atoms with Gasteiger partial charge in [-0.25, -0.2) is 9.78 Å². The van der Waals surface area contributed by atoms with Gasteiger partial charge in [0.15, 0.2) is 0 Å². The predicted molar refractivity (Wildman–Crippen MR) is 128 cm³/mol. The number of ether oxygens (including phenoxy) is 1. The zero-order valence-electron chi connectivity index (χ0n) is 20.6. The van der Waals surface area contributed by atoms with Crippen LogP contribution < -0.4 is 10.1 Å². The molecular formula is C25H37N5O4. The van der Waals surface area contributed by atoms with Gasteiger partial charge < -0.3 is 19.9 Å². The number of pyridine rings is 1. The van der Waals surface area contributed by atoms with E-state index in [1.165, 1.54) is 18.4 Å². The van der Waals surface area contributed by atoms with Gasteiger partial charge in [-0.05, 0) is 70.2 Å². The number of urea groups is 1. The van der Waals surface area contributed by atoms with Crippen LogP contribution in [0.5, 0.6) is 5.88 Å². The van der Waals surface area contributed by atoms with Crippen LogP contribution in [0.4, 0.5) is 4.79 Å². The van der Waals surface area contributed by atoms with E-state index >= 15 is 0 Å². The standard InChI is InChI=1S/C25H37N5O4/c1-4-12-25(23(32)30(24(33)27-25)17-11-19-7-6-14-28(19)2)18-9-15-29(16-10-18)22(31)20-8-5-13-26-21(20)34-3/h5,8,13,18-19H,4,6-7,9-12,14-17H2,1-3H3,(H,27,33)/t19-,25-/m0/s1. The lowest BCUT2D eigenvalue weighted by Gasteiger charge is -2.41. The van der Waals surface area contributed by atoms with E-state index in [-0.39, 0.29) is 23.8 Å². The van der Waals surface area contributed by atoms with E-state index in [1.807, 2.05) is 6.92 Å². The molecule has 34 heavy (non-hydrogen) atoms. The maximum atomic E-state index is 13.7. The Bertz CT molecular complexity index is 916. The number of likely N-dealkylation sites (tertiary alicyclic amines) is 2.